The second-order valence-electron chi connectivity index (χ2n) is 4.13. The molecule has 0 radical (unpaired) electrons. The Morgan fingerprint density at radius 1 is 1.07 bits per heavy atom. The van der Waals surface area contributed by atoms with Crippen molar-refractivity contribution in [1.29, 1.82) is 0 Å². The van der Waals surface area contributed by atoms with Gasteiger partial charge in [0.1, 0.15) is 0 Å². The second-order valence-corrected chi connectivity index (χ2v) is 8.60. The van der Waals surface area contributed by atoms with Gasteiger partial charge in [0.25, 0.3) is 8.41 Å². The minimum Gasteiger partial charge on any atom is -0.314 e. The fourth-order valence-electron chi connectivity index (χ4n) is 1.98. The van der Waals surface area contributed by atoms with Gasteiger partial charge < -0.3 is 9.01 Å². The van der Waals surface area contributed by atoms with Gasteiger partial charge in [0.2, 0.25) is 0 Å². The Kier molecular flexibility index (Phi) is 6.61. The van der Waals surface area contributed by atoms with Crippen LogP contribution < -0.4 is 0 Å². The number of rotatable bonds is 7. The largest absolute Gasteiger partial charge is 0.314 e. The highest BCUT2D eigenvalue weighted by Gasteiger charge is 2.36. The molecular weight excluding hydrogens is 193 g/mol. The minimum atomic E-state index is -2.44. The van der Waals surface area contributed by atoms with E-state index in [1.807, 2.05) is 13.8 Å². The van der Waals surface area contributed by atoms with E-state index in [1.165, 1.54) is 0 Å². The predicted molar refractivity (Wildman–Crippen MR) is 65.0 cm³/mol. The topological polar surface area (TPSA) is 3.24 Å². The molecule has 0 aromatic rings. The lowest BCUT2D eigenvalue weighted by molar-refractivity contribution is 0.298. The second kappa shape index (κ2) is 6.56. The molecule has 0 N–H and O–H groups in total. The zero-order chi connectivity index (χ0) is 11.2. The summed E-state index contributed by atoms with van der Waals surface area (Å²) >= 11 is 0. The number of hydrogen-bond acceptors (Lipinski definition) is 1. The molecule has 0 aromatic carbocycles. The van der Waals surface area contributed by atoms with Crippen LogP contribution in [0.25, 0.3) is 0 Å². The van der Waals surface area contributed by atoms with E-state index in [1.54, 1.807) is 0 Å². The van der Waals surface area contributed by atoms with E-state index in [4.69, 9.17) is 0 Å². The van der Waals surface area contributed by atoms with Gasteiger partial charge in [0.15, 0.2) is 0 Å². The molecule has 0 aliphatic heterocycles. The van der Waals surface area contributed by atoms with E-state index in [-0.39, 0.29) is 5.54 Å². The first-order valence-corrected chi connectivity index (χ1v) is 8.32. The Morgan fingerprint density at radius 3 is 1.79 bits per heavy atom. The fourth-order valence-corrected chi connectivity index (χ4v) is 4.46. The molecular formula is C11H26FNSi. The van der Waals surface area contributed by atoms with Crippen LogP contribution in [0.1, 0.15) is 34.6 Å². The van der Waals surface area contributed by atoms with Gasteiger partial charge in [-0.15, -0.1) is 0 Å². The van der Waals surface area contributed by atoms with Crippen LogP contribution in [0, 0.1) is 0 Å². The van der Waals surface area contributed by atoms with Gasteiger partial charge >= 0.3 is 0 Å². The monoisotopic (exact) mass is 219 g/mol. The molecule has 0 bridgehead atoms. The van der Waals surface area contributed by atoms with Crippen molar-refractivity contribution in [3.8, 4) is 0 Å². The lowest BCUT2D eigenvalue weighted by Crippen LogP contribution is -2.39. The van der Waals surface area contributed by atoms with E-state index in [0.29, 0.717) is 0 Å². The maximum Gasteiger partial charge on any atom is 0.250 e. The molecule has 86 valence electrons. The van der Waals surface area contributed by atoms with Crippen LogP contribution in [-0.2, 0) is 0 Å². The molecule has 0 spiro atoms. The zero-order valence-electron chi connectivity index (χ0n) is 10.4. The van der Waals surface area contributed by atoms with E-state index in [0.717, 1.165) is 31.7 Å². The lowest BCUT2D eigenvalue weighted by atomic mass is 10.4. The standard InChI is InChI=1S/C11H26FNSi/c1-6-13(7-2)10-11(5)14(12,8-3)9-4/h11H,6-10H2,1-5H3. The predicted octanol–water partition coefficient (Wildman–Crippen LogP) is 3.67. The number of hydrogen-bond donors (Lipinski definition) is 0. The molecule has 0 saturated carbocycles. The van der Waals surface area contributed by atoms with Gasteiger partial charge in [-0.25, -0.2) is 0 Å². The summed E-state index contributed by atoms with van der Waals surface area (Å²) in [5.74, 6) is 0. The van der Waals surface area contributed by atoms with E-state index in [9.17, 15) is 4.11 Å². The third-order valence-electron chi connectivity index (χ3n) is 3.49. The van der Waals surface area contributed by atoms with Crippen molar-refractivity contribution in [3.63, 3.8) is 0 Å². The Balaban J connectivity index is 4.22. The maximum atomic E-state index is 14.4. The van der Waals surface area contributed by atoms with Crippen molar-refractivity contribution < 1.29 is 4.11 Å². The van der Waals surface area contributed by atoms with E-state index >= 15 is 0 Å². The Bertz CT molecular complexity index is 144. The SMILES string of the molecule is CCN(CC)CC(C)[Si](F)(CC)CC. The lowest BCUT2D eigenvalue weighted by Gasteiger charge is -2.31. The first-order valence-electron chi connectivity index (χ1n) is 5.95. The highest BCUT2D eigenvalue weighted by Crippen LogP contribution is 2.31. The summed E-state index contributed by atoms with van der Waals surface area (Å²) < 4.78 is 14.4. The maximum absolute atomic E-state index is 14.4. The molecule has 0 amide bonds. The molecule has 0 saturated heterocycles. The van der Waals surface area contributed by atoms with Crippen LogP contribution in [0.15, 0.2) is 0 Å². The summed E-state index contributed by atoms with van der Waals surface area (Å²) in [4.78, 5) is 2.33. The zero-order valence-corrected chi connectivity index (χ0v) is 11.4. The summed E-state index contributed by atoms with van der Waals surface area (Å²) in [6.45, 7) is 13.4. The average Bonchev–Trinajstić information content (AvgIpc) is 2.24. The fraction of sp³-hybridized carbons (Fsp3) is 1.00. The smallest absolute Gasteiger partial charge is 0.250 e. The van der Waals surface area contributed by atoms with Crippen LogP contribution in [-0.4, -0.2) is 32.9 Å². The highest BCUT2D eigenvalue weighted by atomic mass is 28.4. The summed E-state index contributed by atoms with van der Waals surface area (Å²) in [6.07, 6.45) is 0. The van der Waals surface area contributed by atoms with Crippen LogP contribution >= 0.6 is 0 Å². The third-order valence-corrected chi connectivity index (χ3v) is 7.79. The van der Waals surface area contributed by atoms with Crippen LogP contribution in [0.3, 0.4) is 0 Å². The van der Waals surface area contributed by atoms with Gasteiger partial charge in [-0.3, -0.25) is 0 Å². The molecule has 0 fully saturated rings. The van der Waals surface area contributed by atoms with Gasteiger partial charge in [-0.2, -0.15) is 0 Å². The Labute approximate surface area is 89.9 Å². The van der Waals surface area contributed by atoms with Crippen LogP contribution in [0.2, 0.25) is 17.6 Å². The van der Waals surface area contributed by atoms with Crippen molar-refractivity contribution in [3.05, 3.63) is 0 Å². The first kappa shape index (κ1) is 14.1. The molecule has 1 unspecified atom stereocenters. The van der Waals surface area contributed by atoms with E-state index < -0.39 is 8.41 Å². The quantitative estimate of drug-likeness (QED) is 0.466. The normalized spacial score (nSPS) is 14.8. The molecule has 0 heterocycles. The third kappa shape index (κ3) is 3.69. The average molecular weight is 219 g/mol. The number of nitrogens with zero attached hydrogens (tertiary/aromatic N) is 1. The van der Waals surface area contributed by atoms with Crippen molar-refractivity contribution in [2.24, 2.45) is 0 Å². The van der Waals surface area contributed by atoms with Crippen molar-refractivity contribution in [2.75, 3.05) is 19.6 Å². The molecule has 0 rings (SSSR count). The van der Waals surface area contributed by atoms with Crippen molar-refractivity contribution in [2.45, 2.75) is 52.2 Å². The summed E-state index contributed by atoms with van der Waals surface area (Å²) in [5.41, 5.74) is 0.275. The van der Waals surface area contributed by atoms with Gasteiger partial charge in [-0.1, -0.05) is 34.6 Å². The molecule has 0 aliphatic rings. The Morgan fingerprint density at radius 2 is 1.50 bits per heavy atom. The number of halogens is 1. The van der Waals surface area contributed by atoms with Crippen molar-refractivity contribution >= 4 is 8.41 Å². The molecule has 1 atom stereocenters. The highest BCUT2D eigenvalue weighted by molar-refractivity contribution is 6.74. The van der Waals surface area contributed by atoms with Crippen molar-refractivity contribution in [1.82, 2.24) is 4.90 Å². The molecule has 0 aromatic heterocycles. The molecule has 1 nitrogen and oxygen atoms in total. The first-order chi connectivity index (χ1) is 6.53. The molecule has 14 heavy (non-hydrogen) atoms. The van der Waals surface area contributed by atoms with Crippen LogP contribution in [0.5, 0.6) is 0 Å². The van der Waals surface area contributed by atoms with Gasteiger partial charge in [0, 0.05) is 6.54 Å². The minimum absolute atomic E-state index is 0.275. The summed E-state index contributed by atoms with van der Waals surface area (Å²) in [6, 6.07) is 1.54. The molecule has 0 aliphatic carbocycles. The van der Waals surface area contributed by atoms with Gasteiger partial charge in [0.05, 0.1) is 0 Å². The summed E-state index contributed by atoms with van der Waals surface area (Å²) in [7, 11) is -2.44. The van der Waals surface area contributed by atoms with Gasteiger partial charge in [-0.05, 0) is 30.7 Å². The Hall–Kier alpha value is 0.107. The van der Waals surface area contributed by atoms with E-state index in [2.05, 4.69) is 25.7 Å². The molecule has 3 heteroatoms. The summed E-state index contributed by atoms with van der Waals surface area (Å²) in [5, 5.41) is 0. The van der Waals surface area contributed by atoms with Crippen LogP contribution in [0.4, 0.5) is 4.11 Å².